The number of nitrogens with one attached hydrogen (secondary N) is 2. The molecule has 2 aromatic rings. The van der Waals surface area contributed by atoms with E-state index in [0.717, 1.165) is 64.1 Å². The SMILES string of the molecule is O=C(Cc1cc(-c2ccc(Cl)c(NCC3CCOCC3)n2)c(Cl)cn1)[C@@H]1CCCNC1. The van der Waals surface area contributed by atoms with Gasteiger partial charge in [-0.05, 0) is 56.3 Å². The molecule has 2 N–H and O–H groups in total. The minimum atomic E-state index is 0.0596. The van der Waals surface area contributed by atoms with E-state index >= 15 is 0 Å². The average Bonchev–Trinajstić information content (AvgIpc) is 2.81. The summed E-state index contributed by atoms with van der Waals surface area (Å²) >= 11 is 12.8. The molecule has 2 aliphatic rings. The van der Waals surface area contributed by atoms with Crippen molar-refractivity contribution in [1.29, 1.82) is 0 Å². The Morgan fingerprint density at radius 2 is 2.03 bits per heavy atom. The fourth-order valence-corrected chi connectivity index (χ4v) is 4.50. The molecule has 0 unspecified atom stereocenters. The van der Waals surface area contributed by atoms with Gasteiger partial charge in [-0.15, -0.1) is 0 Å². The van der Waals surface area contributed by atoms with Crippen molar-refractivity contribution in [2.45, 2.75) is 32.1 Å². The lowest BCUT2D eigenvalue weighted by molar-refractivity contribution is -0.122. The first kappa shape index (κ1) is 22.5. The Morgan fingerprint density at radius 1 is 1.19 bits per heavy atom. The zero-order chi connectivity index (χ0) is 21.6. The van der Waals surface area contributed by atoms with Gasteiger partial charge in [-0.1, -0.05) is 23.2 Å². The highest BCUT2D eigenvalue weighted by atomic mass is 35.5. The van der Waals surface area contributed by atoms with Gasteiger partial charge in [0.05, 0.1) is 15.7 Å². The number of aromatic nitrogens is 2. The number of ether oxygens (including phenoxy) is 1. The lowest BCUT2D eigenvalue weighted by Gasteiger charge is -2.22. The molecule has 0 aliphatic carbocycles. The molecule has 31 heavy (non-hydrogen) atoms. The van der Waals surface area contributed by atoms with E-state index in [1.54, 1.807) is 6.20 Å². The predicted molar refractivity (Wildman–Crippen MR) is 124 cm³/mol. The van der Waals surface area contributed by atoms with Crippen LogP contribution in [0, 0.1) is 11.8 Å². The van der Waals surface area contributed by atoms with Crippen LogP contribution in [0.3, 0.4) is 0 Å². The number of nitrogens with zero attached hydrogens (tertiary/aromatic N) is 2. The van der Waals surface area contributed by atoms with Crippen LogP contribution in [-0.2, 0) is 16.0 Å². The smallest absolute Gasteiger partial charge is 0.145 e. The summed E-state index contributed by atoms with van der Waals surface area (Å²) in [6, 6.07) is 5.54. The summed E-state index contributed by atoms with van der Waals surface area (Å²) in [6.45, 7) is 4.15. The number of piperidine rings is 1. The van der Waals surface area contributed by atoms with E-state index in [2.05, 4.69) is 15.6 Å². The van der Waals surface area contributed by atoms with Crippen LogP contribution in [0.4, 0.5) is 5.82 Å². The molecule has 0 amide bonds. The van der Waals surface area contributed by atoms with Crippen molar-refractivity contribution in [2.24, 2.45) is 11.8 Å². The summed E-state index contributed by atoms with van der Waals surface area (Å²) < 4.78 is 5.43. The number of pyridine rings is 2. The minimum absolute atomic E-state index is 0.0596. The topological polar surface area (TPSA) is 76.1 Å². The number of halogens is 2. The van der Waals surface area contributed by atoms with Crippen molar-refractivity contribution in [2.75, 3.05) is 38.2 Å². The van der Waals surface area contributed by atoms with Gasteiger partial charge in [0.1, 0.15) is 11.6 Å². The Morgan fingerprint density at radius 3 is 2.81 bits per heavy atom. The molecule has 2 aliphatic heterocycles. The molecule has 0 aromatic carbocycles. The fourth-order valence-electron chi connectivity index (χ4n) is 4.13. The largest absolute Gasteiger partial charge is 0.381 e. The average molecular weight is 463 g/mol. The van der Waals surface area contributed by atoms with Crippen molar-refractivity contribution in [3.05, 3.63) is 40.1 Å². The molecule has 6 nitrogen and oxygen atoms in total. The van der Waals surface area contributed by atoms with E-state index in [4.69, 9.17) is 32.9 Å². The molecule has 0 radical (unpaired) electrons. The second kappa shape index (κ2) is 10.7. The molecule has 4 heterocycles. The molecular weight excluding hydrogens is 435 g/mol. The van der Waals surface area contributed by atoms with E-state index in [9.17, 15) is 4.79 Å². The number of anilines is 1. The maximum Gasteiger partial charge on any atom is 0.145 e. The number of carbonyl (C=O) groups is 1. The molecule has 2 saturated heterocycles. The van der Waals surface area contributed by atoms with Crippen molar-refractivity contribution in [3.63, 3.8) is 0 Å². The molecule has 8 heteroatoms. The molecule has 0 saturated carbocycles. The second-order valence-electron chi connectivity index (χ2n) is 8.31. The van der Waals surface area contributed by atoms with Gasteiger partial charge in [0.2, 0.25) is 0 Å². The van der Waals surface area contributed by atoms with Crippen LogP contribution in [0.1, 0.15) is 31.4 Å². The maximum atomic E-state index is 12.7. The third-order valence-corrected chi connectivity index (χ3v) is 6.65. The van der Waals surface area contributed by atoms with Crippen molar-refractivity contribution in [1.82, 2.24) is 15.3 Å². The number of ketones is 1. The van der Waals surface area contributed by atoms with Crippen LogP contribution in [0.15, 0.2) is 24.4 Å². The van der Waals surface area contributed by atoms with Crippen molar-refractivity contribution in [3.8, 4) is 11.3 Å². The number of hydrogen-bond acceptors (Lipinski definition) is 6. The highest BCUT2D eigenvalue weighted by Gasteiger charge is 2.22. The highest BCUT2D eigenvalue weighted by Crippen LogP contribution is 2.31. The summed E-state index contributed by atoms with van der Waals surface area (Å²) in [4.78, 5) is 21.8. The fraction of sp³-hybridized carbons (Fsp3) is 0.522. The summed E-state index contributed by atoms with van der Waals surface area (Å²) in [5, 5.41) is 7.75. The molecule has 2 aromatic heterocycles. The molecule has 2 fully saturated rings. The van der Waals surface area contributed by atoms with Crippen LogP contribution in [0.5, 0.6) is 0 Å². The van der Waals surface area contributed by atoms with Crippen LogP contribution in [0.2, 0.25) is 10.0 Å². The number of carbonyl (C=O) groups excluding carboxylic acids is 1. The normalized spacial score (nSPS) is 19.9. The van der Waals surface area contributed by atoms with Crippen LogP contribution < -0.4 is 10.6 Å². The number of Topliss-reactive ketones (excluding diaryl/α,β-unsaturated/α-hetero) is 1. The van der Waals surface area contributed by atoms with Gasteiger partial charge < -0.3 is 15.4 Å². The van der Waals surface area contributed by atoms with Gasteiger partial charge in [-0.25, -0.2) is 4.98 Å². The van der Waals surface area contributed by atoms with Gasteiger partial charge in [0.15, 0.2) is 0 Å². The zero-order valence-corrected chi connectivity index (χ0v) is 19.0. The van der Waals surface area contributed by atoms with Gasteiger partial charge >= 0.3 is 0 Å². The lowest BCUT2D eigenvalue weighted by Crippen LogP contribution is -2.35. The molecule has 0 bridgehead atoms. The Hall–Kier alpha value is -1.73. The van der Waals surface area contributed by atoms with Gasteiger partial charge in [-0.3, -0.25) is 9.78 Å². The molecule has 166 valence electrons. The molecule has 0 spiro atoms. The van der Waals surface area contributed by atoms with E-state index in [1.807, 2.05) is 18.2 Å². The quantitative estimate of drug-likeness (QED) is 0.634. The summed E-state index contributed by atoms with van der Waals surface area (Å²) in [6.07, 6.45) is 5.95. The molecular formula is C23H28Cl2N4O2. The van der Waals surface area contributed by atoms with Crippen molar-refractivity contribution >= 4 is 34.8 Å². The summed E-state index contributed by atoms with van der Waals surface area (Å²) in [5.41, 5.74) is 2.18. The van der Waals surface area contributed by atoms with Gasteiger partial charge in [0, 0.05) is 56.1 Å². The summed E-state index contributed by atoms with van der Waals surface area (Å²) in [5.74, 6) is 1.47. The van der Waals surface area contributed by atoms with Crippen molar-refractivity contribution < 1.29 is 9.53 Å². The van der Waals surface area contributed by atoms with Gasteiger partial charge in [-0.2, -0.15) is 0 Å². The number of rotatable bonds is 7. The third-order valence-electron chi connectivity index (χ3n) is 6.04. The van der Waals surface area contributed by atoms with Gasteiger partial charge in [0.25, 0.3) is 0 Å². The van der Waals surface area contributed by atoms with E-state index in [-0.39, 0.29) is 11.7 Å². The zero-order valence-electron chi connectivity index (χ0n) is 17.5. The predicted octanol–water partition coefficient (Wildman–Crippen LogP) is 4.40. The second-order valence-corrected chi connectivity index (χ2v) is 9.12. The number of hydrogen-bond donors (Lipinski definition) is 2. The first-order chi connectivity index (χ1) is 15.1. The first-order valence-corrected chi connectivity index (χ1v) is 11.7. The first-order valence-electron chi connectivity index (χ1n) is 11.0. The lowest BCUT2D eigenvalue weighted by atomic mass is 9.92. The van der Waals surface area contributed by atoms with E-state index < -0.39 is 0 Å². The van der Waals surface area contributed by atoms with E-state index in [1.165, 1.54) is 0 Å². The standard InChI is InChI=1S/C23H28Cl2N4O2/c24-19-3-4-21(29-23(19)28-12-15-5-8-31-9-6-15)18-10-17(27-14-20(18)25)11-22(30)16-2-1-7-26-13-16/h3-4,10,14-16,26H,1-2,5-9,11-13H2,(H,28,29)/t16-/m1/s1. The Balaban J connectivity index is 1.48. The molecule has 1 atom stereocenters. The molecule has 4 rings (SSSR count). The maximum absolute atomic E-state index is 12.7. The monoisotopic (exact) mass is 462 g/mol. The Bertz CT molecular complexity index is 912. The van der Waals surface area contributed by atoms with Crippen LogP contribution in [0.25, 0.3) is 11.3 Å². The van der Waals surface area contributed by atoms with Crippen LogP contribution >= 0.6 is 23.2 Å². The highest BCUT2D eigenvalue weighted by molar-refractivity contribution is 6.34. The third kappa shape index (κ3) is 5.95. The van der Waals surface area contributed by atoms with Crippen LogP contribution in [-0.4, -0.2) is 48.6 Å². The summed E-state index contributed by atoms with van der Waals surface area (Å²) in [7, 11) is 0. The Labute approximate surface area is 193 Å². The minimum Gasteiger partial charge on any atom is -0.381 e. The van der Waals surface area contributed by atoms with E-state index in [0.29, 0.717) is 39.6 Å². The Kier molecular flexibility index (Phi) is 7.77.